The Balaban J connectivity index is 2.07. The number of guanidine groups is 1. The van der Waals surface area contributed by atoms with E-state index >= 15 is 0 Å². The van der Waals surface area contributed by atoms with Gasteiger partial charge in [-0.3, -0.25) is 10.1 Å². The second kappa shape index (κ2) is 3.99. The standard InChI is InChI=1S/C12H11N3O2S/c13-11-14-10(16)12(15-11,9-4-2-6-18-9)7-8-3-1-5-17-8/h1-6H,7H2,(H3,13,14,15,16)/t12-/m0/s1. The molecular formula is C12H11N3O2S. The summed E-state index contributed by atoms with van der Waals surface area (Å²) in [4.78, 5) is 17.4. The molecule has 0 bridgehead atoms. The maximum Gasteiger partial charge on any atom is 0.260 e. The number of hydrogen-bond donors (Lipinski definition) is 2. The minimum absolute atomic E-state index is 0.153. The number of carbonyl (C=O) groups is 1. The first-order chi connectivity index (χ1) is 8.71. The molecule has 6 heteroatoms. The summed E-state index contributed by atoms with van der Waals surface area (Å²) in [6.45, 7) is 0. The van der Waals surface area contributed by atoms with E-state index in [1.54, 1.807) is 12.3 Å². The van der Waals surface area contributed by atoms with Gasteiger partial charge in [-0.25, -0.2) is 4.99 Å². The molecule has 0 aromatic carbocycles. The van der Waals surface area contributed by atoms with Gasteiger partial charge < -0.3 is 10.2 Å². The van der Waals surface area contributed by atoms with E-state index in [-0.39, 0.29) is 11.9 Å². The summed E-state index contributed by atoms with van der Waals surface area (Å²) >= 11 is 1.48. The molecule has 2 aromatic rings. The number of carbonyl (C=O) groups excluding carboxylic acids is 1. The topological polar surface area (TPSA) is 80.6 Å². The van der Waals surface area contributed by atoms with Crippen LogP contribution in [0.1, 0.15) is 10.6 Å². The molecule has 0 saturated heterocycles. The number of nitrogens with zero attached hydrogens (tertiary/aromatic N) is 1. The van der Waals surface area contributed by atoms with Gasteiger partial charge in [0.2, 0.25) is 0 Å². The van der Waals surface area contributed by atoms with Crippen LogP contribution < -0.4 is 11.1 Å². The highest BCUT2D eigenvalue weighted by Crippen LogP contribution is 2.36. The molecule has 92 valence electrons. The van der Waals surface area contributed by atoms with Crippen molar-refractivity contribution in [2.24, 2.45) is 10.7 Å². The van der Waals surface area contributed by atoms with Gasteiger partial charge in [-0.1, -0.05) is 6.07 Å². The fourth-order valence-corrected chi connectivity index (χ4v) is 2.92. The Bertz CT molecular complexity index is 589. The molecule has 0 radical (unpaired) electrons. The first-order valence-electron chi connectivity index (χ1n) is 5.44. The van der Waals surface area contributed by atoms with Crippen LogP contribution in [-0.4, -0.2) is 11.9 Å². The van der Waals surface area contributed by atoms with Crippen molar-refractivity contribution in [2.75, 3.05) is 0 Å². The molecule has 0 fully saturated rings. The molecule has 0 saturated carbocycles. The van der Waals surface area contributed by atoms with E-state index in [1.807, 2.05) is 23.6 Å². The third kappa shape index (κ3) is 1.62. The normalized spacial score (nSPS) is 22.9. The van der Waals surface area contributed by atoms with Gasteiger partial charge in [0.05, 0.1) is 6.26 Å². The molecule has 18 heavy (non-hydrogen) atoms. The summed E-state index contributed by atoms with van der Waals surface area (Å²) in [6, 6.07) is 7.39. The Labute approximate surface area is 107 Å². The lowest BCUT2D eigenvalue weighted by Gasteiger charge is -2.20. The Morgan fingerprint density at radius 1 is 1.44 bits per heavy atom. The molecule has 0 aliphatic carbocycles. The maximum atomic E-state index is 12.2. The molecule has 3 N–H and O–H groups in total. The summed E-state index contributed by atoms with van der Waals surface area (Å²) < 4.78 is 5.32. The third-order valence-electron chi connectivity index (χ3n) is 2.87. The zero-order valence-corrected chi connectivity index (χ0v) is 10.2. The molecule has 0 unspecified atom stereocenters. The van der Waals surface area contributed by atoms with Gasteiger partial charge in [0.15, 0.2) is 11.5 Å². The van der Waals surface area contributed by atoms with Gasteiger partial charge in [0.1, 0.15) is 5.76 Å². The number of thiophene rings is 1. The van der Waals surface area contributed by atoms with Crippen LogP contribution in [0.4, 0.5) is 0 Å². The van der Waals surface area contributed by atoms with Crippen LogP contribution in [0.5, 0.6) is 0 Å². The van der Waals surface area contributed by atoms with Crippen molar-refractivity contribution in [3.63, 3.8) is 0 Å². The monoisotopic (exact) mass is 261 g/mol. The quantitative estimate of drug-likeness (QED) is 0.871. The van der Waals surface area contributed by atoms with Gasteiger partial charge in [0, 0.05) is 11.3 Å². The van der Waals surface area contributed by atoms with E-state index in [9.17, 15) is 4.79 Å². The number of aliphatic imine (C=N–C) groups is 1. The first-order valence-corrected chi connectivity index (χ1v) is 6.32. The molecular weight excluding hydrogens is 250 g/mol. The van der Waals surface area contributed by atoms with Crippen LogP contribution in [0.2, 0.25) is 0 Å². The Kier molecular flexibility index (Phi) is 2.45. The smallest absolute Gasteiger partial charge is 0.260 e. The minimum Gasteiger partial charge on any atom is -0.469 e. The molecule has 5 nitrogen and oxygen atoms in total. The van der Waals surface area contributed by atoms with E-state index in [1.165, 1.54) is 11.3 Å². The van der Waals surface area contributed by atoms with Crippen molar-refractivity contribution in [1.82, 2.24) is 5.32 Å². The van der Waals surface area contributed by atoms with Crippen LogP contribution in [0, 0.1) is 0 Å². The van der Waals surface area contributed by atoms with Crippen molar-refractivity contribution in [1.29, 1.82) is 0 Å². The van der Waals surface area contributed by atoms with Crippen LogP contribution in [-0.2, 0) is 16.8 Å². The van der Waals surface area contributed by atoms with Gasteiger partial charge in [-0.05, 0) is 23.6 Å². The fraction of sp³-hybridized carbons (Fsp3) is 0.167. The molecule has 1 atom stereocenters. The van der Waals surface area contributed by atoms with Crippen LogP contribution in [0.15, 0.2) is 45.3 Å². The number of furan rings is 1. The predicted octanol–water partition coefficient (Wildman–Crippen LogP) is 1.22. The number of nitrogens with one attached hydrogen (secondary N) is 1. The molecule has 3 heterocycles. The maximum absolute atomic E-state index is 12.2. The lowest BCUT2D eigenvalue weighted by Crippen LogP contribution is -2.39. The van der Waals surface area contributed by atoms with Crippen molar-refractivity contribution in [2.45, 2.75) is 12.0 Å². The van der Waals surface area contributed by atoms with E-state index in [0.29, 0.717) is 12.2 Å². The lowest BCUT2D eigenvalue weighted by atomic mass is 9.92. The van der Waals surface area contributed by atoms with Crippen LogP contribution >= 0.6 is 11.3 Å². The number of amides is 1. The third-order valence-corrected chi connectivity index (χ3v) is 3.89. The van der Waals surface area contributed by atoms with Crippen molar-refractivity contribution in [3.8, 4) is 0 Å². The van der Waals surface area contributed by atoms with E-state index in [0.717, 1.165) is 4.88 Å². The van der Waals surface area contributed by atoms with E-state index in [4.69, 9.17) is 10.2 Å². The van der Waals surface area contributed by atoms with Crippen molar-refractivity contribution < 1.29 is 9.21 Å². The molecule has 3 rings (SSSR count). The first kappa shape index (κ1) is 11.0. The minimum atomic E-state index is -0.990. The van der Waals surface area contributed by atoms with Gasteiger partial charge in [-0.15, -0.1) is 11.3 Å². The van der Waals surface area contributed by atoms with Crippen molar-refractivity contribution in [3.05, 3.63) is 46.5 Å². The number of nitrogens with two attached hydrogens (primary N) is 1. The van der Waals surface area contributed by atoms with Gasteiger partial charge in [-0.2, -0.15) is 0 Å². The Morgan fingerprint density at radius 2 is 2.33 bits per heavy atom. The van der Waals surface area contributed by atoms with Crippen LogP contribution in [0.3, 0.4) is 0 Å². The Hall–Kier alpha value is -2.08. The van der Waals surface area contributed by atoms with Gasteiger partial charge >= 0.3 is 0 Å². The highest BCUT2D eigenvalue weighted by molar-refractivity contribution is 7.10. The second-order valence-electron chi connectivity index (χ2n) is 4.04. The Morgan fingerprint density at radius 3 is 2.89 bits per heavy atom. The summed E-state index contributed by atoms with van der Waals surface area (Å²) in [6.07, 6.45) is 1.95. The van der Waals surface area contributed by atoms with E-state index < -0.39 is 5.54 Å². The predicted molar refractivity (Wildman–Crippen MR) is 68.2 cm³/mol. The zero-order valence-electron chi connectivity index (χ0n) is 9.42. The summed E-state index contributed by atoms with van der Waals surface area (Å²) in [7, 11) is 0. The summed E-state index contributed by atoms with van der Waals surface area (Å²) in [5, 5.41) is 4.48. The summed E-state index contributed by atoms with van der Waals surface area (Å²) in [5.74, 6) is 0.649. The molecule has 1 aliphatic rings. The number of hydrogen-bond acceptors (Lipinski definition) is 5. The second-order valence-corrected chi connectivity index (χ2v) is 4.99. The molecule has 0 spiro atoms. The molecule has 1 amide bonds. The zero-order chi connectivity index (χ0) is 12.6. The largest absolute Gasteiger partial charge is 0.469 e. The highest BCUT2D eigenvalue weighted by Gasteiger charge is 2.46. The lowest BCUT2D eigenvalue weighted by molar-refractivity contribution is -0.124. The van der Waals surface area contributed by atoms with E-state index in [2.05, 4.69) is 10.3 Å². The average molecular weight is 261 g/mol. The summed E-state index contributed by atoms with van der Waals surface area (Å²) in [5.41, 5.74) is 4.64. The average Bonchev–Trinajstić information content (AvgIpc) is 3.03. The molecule has 2 aromatic heterocycles. The highest BCUT2D eigenvalue weighted by atomic mass is 32.1. The van der Waals surface area contributed by atoms with Crippen LogP contribution in [0.25, 0.3) is 0 Å². The number of rotatable bonds is 3. The SMILES string of the molecule is NC1=N[C@@](Cc2ccco2)(c2cccs2)C(=O)N1. The van der Waals surface area contributed by atoms with Gasteiger partial charge in [0.25, 0.3) is 5.91 Å². The van der Waals surface area contributed by atoms with Crippen molar-refractivity contribution >= 4 is 23.2 Å². The fourth-order valence-electron chi connectivity index (χ4n) is 2.06. The molecule has 1 aliphatic heterocycles.